The molecule has 0 aromatic rings. The average molecular weight is 178 g/mol. The zero-order valence-electron chi connectivity index (χ0n) is 6.52. The van der Waals surface area contributed by atoms with Crippen LogP contribution in [0, 0.1) is 0 Å². The van der Waals surface area contributed by atoms with Crippen molar-refractivity contribution >= 4 is 51.8 Å². The molecule has 0 fully saturated rings. The van der Waals surface area contributed by atoms with Crippen LogP contribution in [-0.4, -0.2) is 65.5 Å². The van der Waals surface area contributed by atoms with E-state index in [0.29, 0.717) is 13.0 Å². The molecule has 0 aromatic carbocycles. The first kappa shape index (κ1) is 11.0. The van der Waals surface area contributed by atoms with Gasteiger partial charge in [-0.25, -0.2) is 0 Å². The Hall–Kier alpha value is 1.11. The molecule has 7 heavy (non-hydrogen) atoms. The molecule has 0 aliphatic carbocycles. The van der Waals surface area contributed by atoms with Gasteiger partial charge >= 0.3 is 45.5 Å². The van der Waals surface area contributed by atoms with Gasteiger partial charge in [-0.1, -0.05) is 0 Å². The van der Waals surface area contributed by atoms with Crippen molar-refractivity contribution in [1.29, 1.82) is 0 Å². The maximum absolute atomic E-state index is 9.48. The number of aldehydes is 1. The number of ether oxygens (including phenoxy) is 1. The number of hydrogen-bond donors (Lipinski definition) is 0. The molecule has 2 nitrogen and oxygen atoms in total. The van der Waals surface area contributed by atoms with Crippen LogP contribution >= 0.6 is 0 Å². The Bertz CT molecular complexity index is 45.5. The molecular formula is C4H10O2Sr. The van der Waals surface area contributed by atoms with Gasteiger partial charge in [-0.05, 0) is 0 Å². The molecule has 0 saturated carbocycles. The molecule has 0 aliphatic heterocycles. The molecule has 0 saturated heterocycles. The van der Waals surface area contributed by atoms with E-state index in [1.54, 1.807) is 7.11 Å². The molecule has 0 rings (SSSR count). The summed E-state index contributed by atoms with van der Waals surface area (Å²) in [6.45, 7) is 0.545. The Morgan fingerprint density at radius 1 is 1.86 bits per heavy atom. The molecule has 3 heteroatoms. The van der Waals surface area contributed by atoms with E-state index in [1.807, 2.05) is 0 Å². The van der Waals surface area contributed by atoms with E-state index in [4.69, 9.17) is 0 Å². The summed E-state index contributed by atoms with van der Waals surface area (Å²) < 4.78 is 4.55. The van der Waals surface area contributed by atoms with Gasteiger partial charge in [0.25, 0.3) is 0 Å². The number of hydrogen-bond acceptors (Lipinski definition) is 2. The number of carbonyl (C=O) groups excluding carboxylic acids is 1. The van der Waals surface area contributed by atoms with E-state index in [9.17, 15) is 4.79 Å². The van der Waals surface area contributed by atoms with Crippen molar-refractivity contribution in [3.8, 4) is 0 Å². The van der Waals surface area contributed by atoms with E-state index in [0.717, 1.165) is 6.29 Å². The largest absolute Gasteiger partial charge is 2.00 e. The van der Waals surface area contributed by atoms with Gasteiger partial charge in [-0.2, -0.15) is 0 Å². The van der Waals surface area contributed by atoms with Crippen LogP contribution in [0.15, 0.2) is 0 Å². The molecule has 0 amide bonds. The van der Waals surface area contributed by atoms with Crippen LogP contribution in [0.25, 0.3) is 0 Å². The molecule has 0 heterocycles. The minimum atomic E-state index is 0. The predicted molar refractivity (Wildman–Crippen MR) is 30.5 cm³/mol. The first-order chi connectivity index (χ1) is 2.91. The third-order valence-electron chi connectivity index (χ3n) is 0.440. The van der Waals surface area contributed by atoms with Crippen LogP contribution in [0.2, 0.25) is 0 Å². The van der Waals surface area contributed by atoms with Gasteiger partial charge in [0.05, 0.1) is 6.61 Å². The Labute approximate surface area is 83.5 Å². The molecule has 0 unspecified atom stereocenters. The topological polar surface area (TPSA) is 26.3 Å². The fraction of sp³-hybridized carbons (Fsp3) is 0.750. The Kier molecular flexibility index (Phi) is 15.9. The molecule has 0 aromatic heterocycles. The van der Waals surface area contributed by atoms with Gasteiger partial charge in [0, 0.05) is 13.5 Å². The Morgan fingerprint density at radius 3 is 2.57 bits per heavy atom. The van der Waals surface area contributed by atoms with Crippen molar-refractivity contribution in [2.24, 2.45) is 0 Å². The number of carbonyl (C=O) groups is 1. The minimum absolute atomic E-state index is 0. The minimum Gasteiger partial charge on any atom is -1.00 e. The monoisotopic (exact) mass is 178 g/mol. The van der Waals surface area contributed by atoms with Crippen LogP contribution in [0.1, 0.15) is 9.27 Å². The quantitative estimate of drug-likeness (QED) is 0.347. The summed E-state index contributed by atoms with van der Waals surface area (Å²) in [5.41, 5.74) is 0. The summed E-state index contributed by atoms with van der Waals surface area (Å²) in [5.74, 6) is 0. The fourth-order valence-corrected chi connectivity index (χ4v) is 0.166. The van der Waals surface area contributed by atoms with Crippen molar-refractivity contribution in [3.63, 3.8) is 0 Å². The van der Waals surface area contributed by atoms with E-state index in [2.05, 4.69) is 4.74 Å². The van der Waals surface area contributed by atoms with Gasteiger partial charge in [0.15, 0.2) is 0 Å². The van der Waals surface area contributed by atoms with E-state index < -0.39 is 0 Å². The summed E-state index contributed by atoms with van der Waals surface area (Å²) in [6.07, 6.45) is 1.35. The summed E-state index contributed by atoms with van der Waals surface area (Å²) in [5, 5.41) is 0. The van der Waals surface area contributed by atoms with Crippen LogP contribution in [0.5, 0.6) is 0 Å². The first-order valence-electron chi connectivity index (χ1n) is 1.84. The predicted octanol–water partition coefficient (Wildman–Crippen LogP) is 0.0660. The standard InChI is InChI=1S/C4H8O2.Sr.2H/c1-6-4-2-3-5;;;/h3H,2,4H2,1H3;;;/q;+2;2*-1. The van der Waals surface area contributed by atoms with Gasteiger partial charge < -0.3 is 12.4 Å². The summed E-state index contributed by atoms with van der Waals surface area (Å²) >= 11 is 0. The van der Waals surface area contributed by atoms with Crippen LogP contribution in [0.4, 0.5) is 0 Å². The summed E-state index contributed by atoms with van der Waals surface area (Å²) in [4.78, 5) is 9.48. The summed E-state index contributed by atoms with van der Waals surface area (Å²) in [6, 6.07) is 0. The second-order valence-electron chi connectivity index (χ2n) is 0.948. The Morgan fingerprint density at radius 2 is 2.43 bits per heavy atom. The van der Waals surface area contributed by atoms with Gasteiger partial charge in [0.2, 0.25) is 0 Å². The smallest absolute Gasteiger partial charge is 1.00 e. The molecule has 0 bridgehead atoms. The van der Waals surface area contributed by atoms with E-state index in [1.165, 1.54) is 0 Å². The van der Waals surface area contributed by atoms with Gasteiger partial charge in [-0.3, -0.25) is 0 Å². The van der Waals surface area contributed by atoms with Crippen molar-refractivity contribution < 1.29 is 12.4 Å². The van der Waals surface area contributed by atoms with Crippen molar-refractivity contribution in [2.75, 3.05) is 13.7 Å². The molecule has 0 spiro atoms. The van der Waals surface area contributed by atoms with Gasteiger partial charge in [-0.15, -0.1) is 0 Å². The third-order valence-corrected chi connectivity index (χ3v) is 0.440. The molecule has 0 radical (unpaired) electrons. The molecular weight excluding hydrogens is 168 g/mol. The third kappa shape index (κ3) is 11.0. The average Bonchev–Trinajstić information content (AvgIpc) is 1.61. The van der Waals surface area contributed by atoms with E-state index in [-0.39, 0.29) is 48.3 Å². The molecule has 0 aliphatic rings. The summed E-state index contributed by atoms with van der Waals surface area (Å²) in [7, 11) is 1.57. The SMILES string of the molecule is COCCC=O.[H-].[H-].[Sr+2]. The zero-order valence-corrected chi connectivity index (χ0v) is 7.99. The van der Waals surface area contributed by atoms with E-state index >= 15 is 0 Å². The second-order valence-corrected chi connectivity index (χ2v) is 0.948. The van der Waals surface area contributed by atoms with Crippen molar-refractivity contribution in [1.82, 2.24) is 0 Å². The molecule has 0 atom stereocenters. The first-order valence-corrected chi connectivity index (χ1v) is 1.84. The van der Waals surface area contributed by atoms with Crippen LogP contribution in [0.3, 0.4) is 0 Å². The van der Waals surface area contributed by atoms with Gasteiger partial charge in [0.1, 0.15) is 6.29 Å². The maximum Gasteiger partial charge on any atom is 2.00 e. The maximum atomic E-state index is 9.48. The molecule has 40 valence electrons. The molecule has 0 N–H and O–H groups in total. The number of methoxy groups -OCH3 is 1. The zero-order chi connectivity index (χ0) is 4.83. The Balaban J connectivity index is -0.0000000417. The van der Waals surface area contributed by atoms with Crippen molar-refractivity contribution in [3.05, 3.63) is 0 Å². The van der Waals surface area contributed by atoms with Crippen molar-refractivity contribution in [2.45, 2.75) is 6.42 Å². The second kappa shape index (κ2) is 10.2. The number of rotatable bonds is 3. The van der Waals surface area contributed by atoms with Crippen LogP contribution < -0.4 is 0 Å². The van der Waals surface area contributed by atoms with Crippen LogP contribution in [-0.2, 0) is 9.53 Å². The normalized spacial score (nSPS) is 7.00. The fourth-order valence-electron chi connectivity index (χ4n) is 0.166.